The Labute approximate surface area is 213 Å². The second-order valence-corrected chi connectivity index (χ2v) is 9.31. The summed E-state index contributed by atoms with van der Waals surface area (Å²) in [5.74, 6) is 0.839. The van der Waals surface area contributed by atoms with Gasteiger partial charge in [0.2, 0.25) is 5.91 Å². The Hall–Kier alpha value is -3.27. The van der Waals surface area contributed by atoms with E-state index >= 15 is 0 Å². The number of carbonyl (C=O) groups is 1. The Kier molecular flexibility index (Phi) is 7.60. The van der Waals surface area contributed by atoms with Gasteiger partial charge in [0.15, 0.2) is 0 Å². The second kappa shape index (κ2) is 11.2. The summed E-state index contributed by atoms with van der Waals surface area (Å²) in [6.07, 6.45) is 7.12. The molecule has 1 aliphatic carbocycles. The van der Waals surface area contributed by atoms with Crippen LogP contribution >= 0.6 is 11.6 Å². The Morgan fingerprint density at radius 2 is 2.06 bits per heavy atom. The van der Waals surface area contributed by atoms with Crippen LogP contribution < -0.4 is 15.4 Å². The topological polar surface area (TPSA) is 88.6 Å². The molecular weight excluding hydrogens is 485 g/mol. The highest BCUT2D eigenvalue weighted by atomic mass is 35.5. The van der Waals surface area contributed by atoms with Crippen LogP contribution in [0.4, 0.5) is 21.6 Å². The Balaban J connectivity index is 1.38. The number of benzene rings is 2. The van der Waals surface area contributed by atoms with Gasteiger partial charge in [-0.3, -0.25) is 9.69 Å². The molecule has 36 heavy (non-hydrogen) atoms. The van der Waals surface area contributed by atoms with E-state index in [-0.39, 0.29) is 10.9 Å². The number of halogens is 2. The van der Waals surface area contributed by atoms with Gasteiger partial charge >= 0.3 is 0 Å². The summed E-state index contributed by atoms with van der Waals surface area (Å²) in [5, 5.41) is 6.78. The van der Waals surface area contributed by atoms with Crippen molar-refractivity contribution in [2.45, 2.75) is 12.8 Å². The van der Waals surface area contributed by atoms with Crippen LogP contribution in [0.5, 0.6) is 5.75 Å². The molecule has 10 heteroatoms. The van der Waals surface area contributed by atoms with Gasteiger partial charge in [0.25, 0.3) is 0 Å². The first kappa shape index (κ1) is 24.4. The molecule has 1 saturated heterocycles. The first-order chi connectivity index (χ1) is 17.5. The standard InChI is InChI=1S/C26H27ClFN5O3/c27-20-12-18(5-6-21(20)28)31-26-19-13-23(32-25(34)2-1-7-33-8-10-35-11-9-33)24(36-15-17-3-4-17)14-22(19)29-16-30-26/h1-2,5-6,12-14,16-17H,3-4,7-11,15H2,(H,32,34)(H,29,30,31)/b2-1+. The maximum absolute atomic E-state index is 13.6. The summed E-state index contributed by atoms with van der Waals surface area (Å²) >= 11 is 5.93. The zero-order valence-corrected chi connectivity index (χ0v) is 20.4. The molecule has 2 aromatic carbocycles. The Morgan fingerprint density at radius 3 is 2.83 bits per heavy atom. The molecule has 2 fully saturated rings. The monoisotopic (exact) mass is 511 g/mol. The fourth-order valence-corrected chi connectivity index (χ4v) is 4.05. The number of amides is 1. The minimum atomic E-state index is -0.501. The summed E-state index contributed by atoms with van der Waals surface area (Å²) in [4.78, 5) is 23.7. The molecule has 8 nitrogen and oxygen atoms in total. The number of hydrogen-bond acceptors (Lipinski definition) is 7. The summed E-state index contributed by atoms with van der Waals surface area (Å²) in [6.45, 7) is 4.39. The maximum Gasteiger partial charge on any atom is 0.248 e. The molecule has 188 valence electrons. The molecule has 1 aliphatic heterocycles. The van der Waals surface area contributed by atoms with Gasteiger partial charge < -0.3 is 20.1 Å². The van der Waals surface area contributed by atoms with Crippen molar-refractivity contribution in [3.63, 3.8) is 0 Å². The number of nitrogens with zero attached hydrogens (tertiary/aromatic N) is 3. The van der Waals surface area contributed by atoms with Gasteiger partial charge in [0.05, 0.1) is 36.0 Å². The van der Waals surface area contributed by atoms with Crippen LogP contribution in [-0.4, -0.2) is 60.2 Å². The summed E-state index contributed by atoms with van der Waals surface area (Å²) in [6, 6.07) is 7.94. The van der Waals surface area contributed by atoms with E-state index < -0.39 is 5.82 Å². The van der Waals surface area contributed by atoms with E-state index in [0.717, 1.165) is 25.9 Å². The lowest BCUT2D eigenvalue weighted by atomic mass is 10.1. The Bertz CT molecular complexity index is 1280. The number of anilines is 3. The van der Waals surface area contributed by atoms with Crippen molar-refractivity contribution < 1.29 is 18.7 Å². The average molecular weight is 512 g/mol. The molecule has 0 spiro atoms. The molecule has 1 aromatic heterocycles. The molecule has 5 rings (SSSR count). The van der Waals surface area contributed by atoms with Crippen LogP contribution in [0.1, 0.15) is 12.8 Å². The lowest BCUT2D eigenvalue weighted by Gasteiger charge is -2.25. The Morgan fingerprint density at radius 1 is 1.22 bits per heavy atom. The molecule has 1 saturated carbocycles. The van der Waals surface area contributed by atoms with Crippen LogP contribution in [0.15, 0.2) is 48.8 Å². The number of fused-ring (bicyclic) bond motifs is 1. The van der Waals surface area contributed by atoms with Crippen molar-refractivity contribution in [3.05, 3.63) is 59.7 Å². The van der Waals surface area contributed by atoms with Crippen molar-refractivity contribution >= 4 is 45.6 Å². The predicted octanol–water partition coefficient (Wildman–Crippen LogP) is 4.78. The minimum Gasteiger partial charge on any atom is -0.491 e. The summed E-state index contributed by atoms with van der Waals surface area (Å²) in [7, 11) is 0. The molecule has 3 aromatic rings. The van der Waals surface area contributed by atoms with E-state index in [1.165, 1.54) is 24.5 Å². The summed E-state index contributed by atoms with van der Waals surface area (Å²) < 4.78 is 25.0. The molecule has 0 unspecified atom stereocenters. The number of carbonyl (C=O) groups excluding carboxylic acids is 1. The number of hydrogen-bond donors (Lipinski definition) is 2. The van der Waals surface area contributed by atoms with E-state index in [1.54, 1.807) is 18.2 Å². The van der Waals surface area contributed by atoms with Gasteiger partial charge in [0.1, 0.15) is 23.7 Å². The van der Waals surface area contributed by atoms with Crippen molar-refractivity contribution in [1.29, 1.82) is 0 Å². The first-order valence-corrected chi connectivity index (χ1v) is 12.3. The minimum absolute atomic E-state index is 0.00550. The number of aromatic nitrogens is 2. The van der Waals surface area contributed by atoms with Crippen LogP contribution in [0.2, 0.25) is 5.02 Å². The zero-order chi connectivity index (χ0) is 24.9. The number of nitrogens with one attached hydrogen (secondary N) is 2. The largest absolute Gasteiger partial charge is 0.491 e. The van der Waals surface area contributed by atoms with Crippen LogP contribution in [-0.2, 0) is 9.53 Å². The SMILES string of the molecule is O=C(/C=C/CN1CCOCC1)Nc1cc2c(Nc3ccc(F)c(Cl)c3)ncnc2cc1OCC1CC1. The first-order valence-electron chi connectivity index (χ1n) is 12.0. The molecule has 0 bridgehead atoms. The third kappa shape index (κ3) is 6.29. The van der Waals surface area contributed by atoms with E-state index in [9.17, 15) is 9.18 Å². The molecular formula is C26H27ClFN5O3. The quantitative estimate of drug-likeness (QED) is 0.400. The molecule has 2 aliphatic rings. The second-order valence-electron chi connectivity index (χ2n) is 8.90. The van der Waals surface area contributed by atoms with E-state index in [4.69, 9.17) is 21.1 Å². The van der Waals surface area contributed by atoms with Gasteiger partial charge in [-0.15, -0.1) is 0 Å². The lowest BCUT2D eigenvalue weighted by molar-refractivity contribution is -0.111. The highest BCUT2D eigenvalue weighted by Gasteiger charge is 2.23. The zero-order valence-electron chi connectivity index (χ0n) is 19.7. The third-order valence-corrected chi connectivity index (χ3v) is 6.37. The normalized spacial score (nSPS) is 16.4. The van der Waals surface area contributed by atoms with Gasteiger partial charge in [-0.05, 0) is 43.0 Å². The van der Waals surface area contributed by atoms with Gasteiger partial charge in [-0.1, -0.05) is 17.7 Å². The number of rotatable bonds is 9. The fraction of sp³-hybridized carbons (Fsp3) is 0.346. The molecule has 0 radical (unpaired) electrons. The van der Waals surface area contributed by atoms with Gasteiger partial charge in [-0.25, -0.2) is 14.4 Å². The highest BCUT2D eigenvalue weighted by Crippen LogP contribution is 2.36. The van der Waals surface area contributed by atoms with E-state index in [0.29, 0.717) is 66.1 Å². The van der Waals surface area contributed by atoms with Gasteiger partial charge in [-0.2, -0.15) is 0 Å². The van der Waals surface area contributed by atoms with Crippen LogP contribution in [0.25, 0.3) is 10.9 Å². The molecule has 1 amide bonds. The van der Waals surface area contributed by atoms with Crippen molar-refractivity contribution in [1.82, 2.24) is 14.9 Å². The van der Waals surface area contributed by atoms with Crippen LogP contribution in [0, 0.1) is 11.7 Å². The van der Waals surface area contributed by atoms with E-state index in [1.807, 2.05) is 6.08 Å². The van der Waals surface area contributed by atoms with Crippen LogP contribution in [0.3, 0.4) is 0 Å². The highest BCUT2D eigenvalue weighted by molar-refractivity contribution is 6.31. The average Bonchev–Trinajstić information content (AvgIpc) is 3.71. The van der Waals surface area contributed by atoms with Gasteiger partial charge in [0, 0.05) is 42.9 Å². The maximum atomic E-state index is 13.6. The van der Waals surface area contributed by atoms with E-state index in [2.05, 4.69) is 25.5 Å². The lowest BCUT2D eigenvalue weighted by Crippen LogP contribution is -2.36. The molecule has 0 atom stereocenters. The van der Waals surface area contributed by atoms with Crippen molar-refractivity contribution in [3.8, 4) is 5.75 Å². The third-order valence-electron chi connectivity index (χ3n) is 6.08. The fourth-order valence-electron chi connectivity index (χ4n) is 3.87. The number of morpholine rings is 1. The number of ether oxygens (including phenoxy) is 2. The molecule has 2 N–H and O–H groups in total. The van der Waals surface area contributed by atoms with Crippen molar-refractivity contribution in [2.24, 2.45) is 5.92 Å². The summed E-state index contributed by atoms with van der Waals surface area (Å²) in [5.41, 5.74) is 1.75. The predicted molar refractivity (Wildman–Crippen MR) is 137 cm³/mol. The smallest absolute Gasteiger partial charge is 0.248 e. The van der Waals surface area contributed by atoms with Crippen molar-refractivity contribution in [2.75, 3.05) is 50.1 Å². The molecule has 2 heterocycles.